The van der Waals surface area contributed by atoms with Gasteiger partial charge in [-0.3, -0.25) is 15.3 Å². The second-order valence-corrected chi connectivity index (χ2v) is 2.47. The van der Waals surface area contributed by atoms with Gasteiger partial charge in [-0.25, -0.2) is 0 Å². The predicted molar refractivity (Wildman–Crippen MR) is 45.6 cm³/mol. The molecule has 0 bridgehead atoms. The van der Waals surface area contributed by atoms with E-state index < -0.39 is 0 Å². The topological polar surface area (TPSA) is 74.8 Å². The molecule has 1 aliphatic heterocycles. The lowest BCUT2D eigenvalue weighted by Crippen LogP contribution is -2.44. The zero-order valence-electron chi connectivity index (χ0n) is 6.76. The van der Waals surface area contributed by atoms with E-state index >= 15 is 0 Å². The molecule has 0 radical (unpaired) electrons. The molecule has 0 amide bonds. The number of hydrogen-bond donors (Lipinski definition) is 3. The van der Waals surface area contributed by atoms with Crippen LogP contribution >= 0.6 is 0 Å². The summed E-state index contributed by atoms with van der Waals surface area (Å²) in [5.74, 6) is 1.09. The minimum atomic E-state index is 0.380. The molecule has 11 heavy (non-hydrogen) atoms. The molecule has 0 aromatic heterocycles. The van der Waals surface area contributed by atoms with Gasteiger partial charge >= 0.3 is 0 Å². The summed E-state index contributed by atoms with van der Waals surface area (Å²) in [5.41, 5.74) is 5.42. The molecule has 0 saturated heterocycles. The first-order valence-corrected chi connectivity index (χ1v) is 3.52. The summed E-state index contributed by atoms with van der Waals surface area (Å²) in [6, 6.07) is 0.391. The first kappa shape index (κ1) is 7.84. The van der Waals surface area contributed by atoms with Gasteiger partial charge in [-0.05, 0) is 6.92 Å². The molecule has 1 heterocycles. The van der Waals surface area contributed by atoms with Crippen molar-refractivity contribution in [2.75, 3.05) is 13.6 Å². The molecule has 5 heteroatoms. The van der Waals surface area contributed by atoms with Crippen molar-refractivity contribution < 1.29 is 0 Å². The van der Waals surface area contributed by atoms with Gasteiger partial charge in [-0.1, -0.05) is 0 Å². The Hall–Kier alpha value is -1.26. The number of nitrogens with two attached hydrogens (primary N) is 1. The molecule has 0 spiro atoms. The molecular weight excluding hydrogens is 142 g/mol. The molecule has 62 valence electrons. The summed E-state index contributed by atoms with van der Waals surface area (Å²) < 4.78 is 0. The Labute approximate surface area is 65.8 Å². The standard InChI is InChI=1S/C6H13N5/c1-4-3-9-6(10-4)11-5(7)8-2/h4H,3H2,1-2H3,(H4,7,8,9,10,11). The first-order valence-electron chi connectivity index (χ1n) is 3.52. The molecule has 0 aliphatic carbocycles. The maximum absolute atomic E-state index is 5.42. The number of nitrogens with zero attached hydrogens (tertiary/aromatic N) is 2. The van der Waals surface area contributed by atoms with E-state index in [0.717, 1.165) is 6.54 Å². The average Bonchev–Trinajstić information content (AvgIpc) is 2.35. The van der Waals surface area contributed by atoms with Gasteiger partial charge < -0.3 is 11.1 Å². The third kappa shape index (κ3) is 2.10. The lowest BCUT2D eigenvalue weighted by molar-refractivity contribution is 0.721. The van der Waals surface area contributed by atoms with Crippen molar-refractivity contribution in [2.24, 2.45) is 15.7 Å². The molecule has 1 aliphatic rings. The van der Waals surface area contributed by atoms with Crippen LogP contribution in [0.15, 0.2) is 9.98 Å². The molecule has 0 fully saturated rings. The van der Waals surface area contributed by atoms with E-state index in [0.29, 0.717) is 18.0 Å². The molecule has 0 aromatic carbocycles. The van der Waals surface area contributed by atoms with E-state index in [1.165, 1.54) is 0 Å². The van der Waals surface area contributed by atoms with Gasteiger partial charge in [0.25, 0.3) is 0 Å². The third-order valence-electron chi connectivity index (χ3n) is 1.39. The van der Waals surface area contributed by atoms with Crippen molar-refractivity contribution in [3.63, 3.8) is 0 Å². The fourth-order valence-electron chi connectivity index (χ4n) is 0.806. The Morgan fingerprint density at radius 2 is 2.64 bits per heavy atom. The number of guanidine groups is 2. The van der Waals surface area contributed by atoms with Gasteiger partial charge in [-0.2, -0.15) is 0 Å². The molecular formula is C6H13N5. The van der Waals surface area contributed by atoms with Gasteiger partial charge in [0, 0.05) is 13.1 Å². The van der Waals surface area contributed by atoms with E-state index in [9.17, 15) is 0 Å². The normalized spacial score (nSPS) is 24.4. The van der Waals surface area contributed by atoms with E-state index in [1.54, 1.807) is 7.05 Å². The smallest absolute Gasteiger partial charge is 0.198 e. The molecule has 0 saturated carbocycles. The Kier molecular flexibility index (Phi) is 2.30. The lowest BCUT2D eigenvalue weighted by Gasteiger charge is -2.06. The predicted octanol–water partition coefficient (Wildman–Crippen LogP) is -1.13. The van der Waals surface area contributed by atoms with Crippen molar-refractivity contribution in [1.82, 2.24) is 10.6 Å². The Balaban J connectivity index is 2.40. The van der Waals surface area contributed by atoms with Crippen molar-refractivity contribution >= 4 is 11.9 Å². The average molecular weight is 155 g/mol. The minimum absolute atomic E-state index is 0.380. The highest BCUT2D eigenvalue weighted by Gasteiger charge is 2.11. The Morgan fingerprint density at radius 3 is 3.09 bits per heavy atom. The van der Waals surface area contributed by atoms with Gasteiger partial charge in [-0.15, -0.1) is 0 Å². The van der Waals surface area contributed by atoms with E-state index in [-0.39, 0.29) is 0 Å². The van der Waals surface area contributed by atoms with E-state index in [2.05, 4.69) is 27.5 Å². The summed E-state index contributed by atoms with van der Waals surface area (Å²) in [6.07, 6.45) is 0. The number of rotatable bonds is 0. The van der Waals surface area contributed by atoms with Crippen LogP contribution in [0.5, 0.6) is 0 Å². The minimum Gasteiger partial charge on any atom is -0.370 e. The SMILES string of the molecule is CN=C(N)NC1=NCC(C)N1. The molecule has 5 nitrogen and oxygen atoms in total. The molecule has 1 rings (SSSR count). The Bertz CT molecular complexity index is 195. The highest BCUT2D eigenvalue weighted by atomic mass is 15.3. The highest BCUT2D eigenvalue weighted by molar-refractivity contribution is 5.98. The first-order chi connectivity index (χ1) is 5.22. The van der Waals surface area contributed by atoms with Gasteiger partial charge in [0.2, 0.25) is 0 Å². The fraction of sp³-hybridized carbons (Fsp3) is 0.667. The van der Waals surface area contributed by atoms with Crippen LogP contribution in [0.2, 0.25) is 0 Å². The molecule has 1 unspecified atom stereocenters. The van der Waals surface area contributed by atoms with Crippen LogP contribution in [-0.4, -0.2) is 31.6 Å². The van der Waals surface area contributed by atoms with Crippen molar-refractivity contribution in [2.45, 2.75) is 13.0 Å². The lowest BCUT2D eigenvalue weighted by atomic mass is 10.4. The number of nitrogens with one attached hydrogen (secondary N) is 2. The second-order valence-electron chi connectivity index (χ2n) is 2.47. The van der Waals surface area contributed by atoms with Crippen LogP contribution in [0.4, 0.5) is 0 Å². The summed E-state index contributed by atoms with van der Waals surface area (Å²) >= 11 is 0. The molecule has 4 N–H and O–H groups in total. The fourth-order valence-corrected chi connectivity index (χ4v) is 0.806. The van der Waals surface area contributed by atoms with Gasteiger partial charge in [0.05, 0.1) is 6.54 Å². The van der Waals surface area contributed by atoms with Gasteiger partial charge in [0.1, 0.15) is 0 Å². The van der Waals surface area contributed by atoms with Crippen molar-refractivity contribution in [1.29, 1.82) is 0 Å². The molecule has 0 aromatic rings. The highest BCUT2D eigenvalue weighted by Crippen LogP contribution is 1.90. The summed E-state index contributed by atoms with van der Waals surface area (Å²) in [5, 5.41) is 5.92. The largest absolute Gasteiger partial charge is 0.370 e. The van der Waals surface area contributed by atoms with Crippen LogP contribution in [0.1, 0.15) is 6.92 Å². The summed E-state index contributed by atoms with van der Waals surface area (Å²) in [7, 11) is 1.63. The van der Waals surface area contributed by atoms with Crippen molar-refractivity contribution in [3.05, 3.63) is 0 Å². The van der Waals surface area contributed by atoms with Crippen LogP contribution < -0.4 is 16.4 Å². The van der Waals surface area contributed by atoms with E-state index in [1.807, 2.05) is 0 Å². The maximum Gasteiger partial charge on any atom is 0.198 e. The summed E-state index contributed by atoms with van der Waals surface area (Å²) in [4.78, 5) is 7.88. The Morgan fingerprint density at radius 1 is 1.91 bits per heavy atom. The monoisotopic (exact) mass is 155 g/mol. The van der Waals surface area contributed by atoms with Crippen LogP contribution in [0.3, 0.4) is 0 Å². The van der Waals surface area contributed by atoms with Crippen molar-refractivity contribution in [3.8, 4) is 0 Å². The number of aliphatic imine (C=N–C) groups is 2. The zero-order valence-corrected chi connectivity index (χ0v) is 6.76. The number of hydrogen-bond acceptors (Lipinski definition) is 3. The summed E-state index contributed by atoms with van der Waals surface area (Å²) in [6.45, 7) is 2.84. The van der Waals surface area contributed by atoms with E-state index in [4.69, 9.17) is 5.73 Å². The zero-order chi connectivity index (χ0) is 8.27. The van der Waals surface area contributed by atoms with Gasteiger partial charge in [0.15, 0.2) is 11.9 Å². The second kappa shape index (κ2) is 3.23. The van der Waals surface area contributed by atoms with Crippen LogP contribution in [0, 0.1) is 0 Å². The third-order valence-corrected chi connectivity index (χ3v) is 1.39. The maximum atomic E-state index is 5.42. The van der Waals surface area contributed by atoms with Crippen LogP contribution in [0.25, 0.3) is 0 Å². The molecule has 1 atom stereocenters. The quantitative estimate of drug-likeness (QED) is 0.306. The van der Waals surface area contributed by atoms with Crippen LogP contribution in [-0.2, 0) is 0 Å².